The maximum absolute atomic E-state index is 14.0. The standard InChI is InChI=1S/C39H35ClN6O10S3/c1-45(2)39(49)29-22-32(26-11-6-7-12-27(26)37(29)47)44-58(52,53)34-21-24(15-16-30(34)40)41-42-33-23-35(59(54,55)46-17-19-56-20-18-46)38(48)28-13-8-14-31(36(28)33)43-57(50,51)25-9-4-3-5-10-25/h3-16,21-23,43-44,47-48H,17-20H2,1-2H3. The summed E-state index contributed by atoms with van der Waals surface area (Å²) in [6, 6.07) is 24.0. The summed E-state index contributed by atoms with van der Waals surface area (Å²) in [5.41, 5.74) is -0.511. The highest BCUT2D eigenvalue weighted by Crippen LogP contribution is 2.44. The average Bonchev–Trinajstić information content (AvgIpc) is 3.22. The molecule has 0 aliphatic carbocycles. The Kier molecular flexibility index (Phi) is 11.3. The Bertz CT molecular complexity index is 3020. The van der Waals surface area contributed by atoms with Crippen LogP contribution >= 0.6 is 11.6 Å². The van der Waals surface area contributed by atoms with Gasteiger partial charge in [-0.1, -0.05) is 66.2 Å². The lowest BCUT2D eigenvalue weighted by atomic mass is 10.0. The Balaban J connectivity index is 1.34. The number of hydrogen-bond acceptors (Lipinski definition) is 12. The van der Waals surface area contributed by atoms with Gasteiger partial charge in [0.1, 0.15) is 21.3 Å². The van der Waals surface area contributed by atoms with Gasteiger partial charge in [-0.15, -0.1) is 5.11 Å². The lowest BCUT2D eigenvalue weighted by Gasteiger charge is -2.26. The number of anilines is 2. The molecule has 6 aromatic rings. The van der Waals surface area contributed by atoms with E-state index in [4.69, 9.17) is 16.3 Å². The van der Waals surface area contributed by atoms with Crippen LogP contribution in [-0.2, 0) is 34.8 Å². The third-order valence-electron chi connectivity index (χ3n) is 9.34. The molecule has 6 aromatic carbocycles. The third kappa shape index (κ3) is 8.12. The predicted molar refractivity (Wildman–Crippen MR) is 223 cm³/mol. The van der Waals surface area contributed by atoms with Gasteiger partial charge in [-0.05, 0) is 48.5 Å². The number of carbonyl (C=O) groups is 1. The first kappa shape index (κ1) is 41.3. The van der Waals surface area contributed by atoms with Crippen molar-refractivity contribution in [3.63, 3.8) is 0 Å². The van der Waals surface area contributed by atoms with Gasteiger partial charge < -0.3 is 19.8 Å². The number of phenolic OH excluding ortho intramolecular Hbond substituents is 2. The maximum atomic E-state index is 14.0. The number of fused-ring (bicyclic) bond motifs is 2. The molecular formula is C39H35ClN6O10S3. The van der Waals surface area contributed by atoms with Gasteiger partial charge in [-0.25, -0.2) is 25.3 Å². The number of azo groups is 1. The van der Waals surface area contributed by atoms with Crippen LogP contribution in [0.3, 0.4) is 0 Å². The van der Waals surface area contributed by atoms with Gasteiger partial charge in [0, 0.05) is 48.7 Å². The van der Waals surface area contributed by atoms with Crippen LogP contribution in [0, 0.1) is 0 Å². The highest BCUT2D eigenvalue weighted by atomic mass is 35.5. The van der Waals surface area contributed by atoms with E-state index in [0.29, 0.717) is 0 Å². The number of rotatable bonds is 11. The summed E-state index contributed by atoms with van der Waals surface area (Å²) in [5, 5.41) is 31.2. The summed E-state index contributed by atoms with van der Waals surface area (Å²) < 4.78 is 94.2. The number of carbonyl (C=O) groups excluding carboxylic acids is 1. The van der Waals surface area contributed by atoms with E-state index in [0.717, 1.165) is 16.4 Å². The van der Waals surface area contributed by atoms with Crippen molar-refractivity contribution in [3.8, 4) is 11.5 Å². The molecule has 1 aliphatic rings. The Morgan fingerprint density at radius 3 is 2.05 bits per heavy atom. The average molecular weight is 879 g/mol. The van der Waals surface area contributed by atoms with Gasteiger partial charge in [0.2, 0.25) is 10.0 Å². The van der Waals surface area contributed by atoms with Crippen LogP contribution < -0.4 is 9.44 Å². The first-order chi connectivity index (χ1) is 28.0. The number of benzene rings is 6. The summed E-state index contributed by atoms with van der Waals surface area (Å²) in [7, 11) is -10.1. The van der Waals surface area contributed by atoms with Crippen molar-refractivity contribution in [2.75, 3.05) is 49.8 Å². The lowest BCUT2D eigenvalue weighted by Crippen LogP contribution is -2.40. The molecule has 306 valence electrons. The molecule has 0 saturated carbocycles. The number of ether oxygens (including phenoxy) is 1. The van der Waals surface area contributed by atoms with Crippen LogP contribution in [0.2, 0.25) is 5.02 Å². The predicted octanol–water partition coefficient (Wildman–Crippen LogP) is 6.80. The minimum atomic E-state index is -4.54. The van der Waals surface area contributed by atoms with Crippen molar-refractivity contribution in [2.45, 2.75) is 14.7 Å². The summed E-state index contributed by atoms with van der Waals surface area (Å²) in [6.07, 6.45) is 0. The molecule has 0 spiro atoms. The van der Waals surface area contributed by atoms with Crippen LogP contribution in [0.4, 0.5) is 22.7 Å². The van der Waals surface area contributed by atoms with E-state index in [2.05, 4.69) is 19.7 Å². The highest BCUT2D eigenvalue weighted by molar-refractivity contribution is 7.93. The monoisotopic (exact) mass is 878 g/mol. The Labute approximate surface area is 344 Å². The summed E-state index contributed by atoms with van der Waals surface area (Å²) in [4.78, 5) is 13.1. The lowest BCUT2D eigenvalue weighted by molar-refractivity contribution is 0.0730. The quantitative estimate of drug-likeness (QED) is 0.0787. The van der Waals surface area contributed by atoms with Gasteiger partial charge in [0.25, 0.3) is 26.0 Å². The Morgan fingerprint density at radius 1 is 0.712 bits per heavy atom. The van der Waals surface area contributed by atoms with E-state index >= 15 is 0 Å². The number of amides is 1. The van der Waals surface area contributed by atoms with Gasteiger partial charge in [0.15, 0.2) is 0 Å². The molecule has 0 bridgehead atoms. The Hall–Kier alpha value is -5.83. The molecule has 4 N–H and O–H groups in total. The molecule has 1 amide bonds. The van der Waals surface area contributed by atoms with Gasteiger partial charge >= 0.3 is 0 Å². The highest BCUT2D eigenvalue weighted by Gasteiger charge is 2.32. The van der Waals surface area contributed by atoms with Crippen molar-refractivity contribution in [1.29, 1.82) is 0 Å². The zero-order valence-corrected chi connectivity index (χ0v) is 34.4. The number of aromatic hydroxyl groups is 2. The van der Waals surface area contributed by atoms with Crippen LogP contribution in [-0.4, -0.2) is 91.0 Å². The van der Waals surface area contributed by atoms with Crippen LogP contribution in [0.5, 0.6) is 11.5 Å². The number of hydrogen-bond donors (Lipinski definition) is 4. The van der Waals surface area contributed by atoms with Crippen molar-refractivity contribution in [3.05, 3.63) is 114 Å². The smallest absolute Gasteiger partial charge is 0.263 e. The number of sulfonamides is 3. The first-order valence-corrected chi connectivity index (χ1v) is 22.4. The van der Waals surface area contributed by atoms with Crippen molar-refractivity contribution in [2.24, 2.45) is 10.2 Å². The van der Waals surface area contributed by atoms with E-state index in [-0.39, 0.29) is 91.8 Å². The van der Waals surface area contributed by atoms with Crippen LogP contribution in [0.1, 0.15) is 10.4 Å². The summed E-state index contributed by atoms with van der Waals surface area (Å²) in [6.45, 7) is 0.273. The Morgan fingerprint density at radius 2 is 1.36 bits per heavy atom. The minimum absolute atomic E-state index is 0.0108. The van der Waals surface area contributed by atoms with E-state index in [1.54, 1.807) is 24.3 Å². The van der Waals surface area contributed by atoms with Crippen LogP contribution in [0.15, 0.2) is 128 Å². The molecule has 1 saturated heterocycles. The number of halogens is 1. The molecular weight excluding hydrogens is 844 g/mol. The molecule has 16 nitrogen and oxygen atoms in total. The molecule has 0 aromatic heterocycles. The van der Waals surface area contributed by atoms with Crippen molar-refractivity contribution < 1.29 is 45.0 Å². The SMILES string of the molecule is CN(C)C(=O)c1cc(NS(=O)(=O)c2cc(N=Nc3cc(S(=O)(=O)N4CCOCC4)c(O)c4cccc(NS(=O)(=O)c5ccccc5)c34)ccc2Cl)c2ccccc2c1O. The van der Waals surface area contributed by atoms with E-state index < -0.39 is 51.5 Å². The second-order valence-corrected chi connectivity index (χ2v) is 19.0. The fraction of sp³-hybridized carbons (Fsp3) is 0.154. The molecule has 20 heteroatoms. The third-order valence-corrected chi connectivity index (χ3v) is 14.5. The summed E-state index contributed by atoms with van der Waals surface area (Å²) >= 11 is 6.44. The number of nitrogens with one attached hydrogen (secondary N) is 2. The number of nitrogens with zero attached hydrogens (tertiary/aromatic N) is 4. The molecule has 0 radical (unpaired) electrons. The fourth-order valence-electron chi connectivity index (χ4n) is 6.43. The van der Waals surface area contributed by atoms with Crippen molar-refractivity contribution >= 4 is 91.9 Å². The fourth-order valence-corrected chi connectivity index (χ4v) is 10.6. The number of phenols is 2. The van der Waals surface area contributed by atoms with Gasteiger partial charge in [0.05, 0.1) is 51.4 Å². The normalized spacial score (nSPS) is 14.2. The topological polar surface area (TPSA) is 224 Å². The molecule has 0 atom stereocenters. The summed E-state index contributed by atoms with van der Waals surface area (Å²) in [5.74, 6) is -1.57. The second-order valence-electron chi connectivity index (χ2n) is 13.4. The van der Waals surface area contributed by atoms with Crippen molar-refractivity contribution in [1.82, 2.24) is 9.21 Å². The molecule has 1 heterocycles. The second kappa shape index (κ2) is 16.1. The molecule has 7 rings (SSSR count). The largest absolute Gasteiger partial charge is 0.506 e. The van der Waals surface area contributed by atoms with Crippen LogP contribution in [0.25, 0.3) is 21.5 Å². The molecule has 59 heavy (non-hydrogen) atoms. The molecule has 1 aliphatic heterocycles. The van der Waals surface area contributed by atoms with E-state index in [1.165, 1.54) is 85.7 Å². The number of morpholine rings is 1. The zero-order chi connectivity index (χ0) is 42.3. The van der Waals surface area contributed by atoms with E-state index in [1.807, 2.05) is 0 Å². The maximum Gasteiger partial charge on any atom is 0.263 e. The first-order valence-electron chi connectivity index (χ1n) is 17.6. The molecule has 0 unspecified atom stereocenters. The van der Waals surface area contributed by atoms with Gasteiger partial charge in [-0.2, -0.15) is 9.42 Å². The molecule has 1 fully saturated rings. The zero-order valence-electron chi connectivity index (χ0n) is 31.2. The minimum Gasteiger partial charge on any atom is -0.506 e. The van der Waals surface area contributed by atoms with E-state index in [9.17, 15) is 40.3 Å². The van der Waals surface area contributed by atoms with Gasteiger partial charge in [-0.3, -0.25) is 14.2 Å².